The van der Waals surface area contributed by atoms with Crippen molar-refractivity contribution in [2.45, 2.75) is 37.6 Å². The molecule has 4 heteroatoms. The molecule has 1 amide bonds. The van der Waals surface area contributed by atoms with Gasteiger partial charge in [-0.3, -0.25) is 9.78 Å². The number of carbonyl (C=O) groups excluding carboxylic acids is 1. The van der Waals surface area contributed by atoms with E-state index in [-0.39, 0.29) is 5.91 Å². The van der Waals surface area contributed by atoms with Gasteiger partial charge in [0, 0.05) is 11.6 Å². The summed E-state index contributed by atoms with van der Waals surface area (Å²) < 4.78 is 0. The largest absolute Gasteiger partial charge is 0.324 e. The number of pyridine rings is 1. The van der Waals surface area contributed by atoms with Crippen molar-refractivity contribution in [3.63, 3.8) is 0 Å². The van der Waals surface area contributed by atoms with Crippen LogP contribution in [0.3, 0.4) is 0 Å². The van der Waals surface area contributed by atoms with Crippen molar-refractivity contribution in [3.05, 3.63) is 36.5 Å². The Morgan fingerprint density at radius 3 is 2.75 bits per heavy atom. The fourth-order valence-corrected chi connectivity index (χ4v) is 2.87. The molecule has 4 nitrogen and oxygen atoms in total. The number of nitrogens with zero attached hydrogens (tertiary/aromatic N) is 1. The van der Waals surface area contributed by atoms with Gasteiger partial charge in [0.1, 0.15) is 0 Å². The molecule has 1 fully saturated rings. The Balaban J connectivity index is 1.87. The van der Waals surface area contributed by atoms with Crippen LogP contribution in [-0.2, 0) is 4.79 Å². The first-order valence-corrected chi connectivity index (χ1v) is 7.13. The summed E-state index contributed by atoms with van der Waals surface area (Å²) in [6.45, 7) is 0. The number of carbonyl (C=O) groups is 1. The predicted molar refractivity (Wildman–Crippen MR) is 80.4 cm³/mol. The van der Waals surface area contributed by atoms with Gasteiger partial charge in [-0.15, -0.1) is 0 Å². The van der Waals surface area contributed by atoms with Gasteiger partial charge in [0.25, 0.3) is 0 Å². The number of hydrogen-bond donors (Lipinski definition) is 2. The van der Waals surface area contributed by atoms with Gasteiger partial charge in [-0.2, -0.15) is 0 Å². The summed E-state index contributed by atoms with van der Waals surface area (Å²) in [7, 11) is 0. The average Bonchev–Trinajstić information content (AvgIpc) is 2.48. The number of nitrogens with one attached hydrogen (secondary N) is 1. The van der Waals surface area contributed by atoms with Gasteiger partial charge in [0.2, 0.25) is 5.91 Å². The molecule has 1 saturated carbocycles. The molecule has 20 heavy (non-hydrogen) atoms. The van der Waals surface area contributed by atoms with Crippen LogP contribution in [0.1, 0.15) is 32.1 Å². The lowest BCUT2D eigenvalue weighted by molar-refractivity contribution is -0.122. The number of amides is 1. The van der Waals surface area contributed by atoms with Crippen molar-refractivity contribution in [2.24, 2.45) is 5.73 Å². The molecular weight excluding hydrogens is 250 g/mol. The van der Waals surface area contributed by atoms with E-state index in [0.717, 1.165) is 42.3 Å². The van der Waals surface area contributed by atoms with E-state index in [9.17, 15) is 4.79 Å². The summed E-state index contributed by atoms with van der Waals surface area (Å²) in [4.78, 5) is 16.8. The second-order valence-corrected chi connectivity index (χ2v) is 5.55. The Labute approximate surface area is 118 Å². The highest BCUT2D eigenvalue weighted by Crippen LogP contribution is 2.28. The average molecular weight is 269 g/mol. The molecule has 104 valence electrons. The van der Waals surface area contributed by atoms with Crippen LogP contribution in [0.25, 0.3) is 10.9 Å². The minimum atomic E-state index is -0.720. The Bertz CT molecular complexity index is 627. The molecule has 3 rings (SSSR count). The molecular formula is C16H19N3O. The Morgan fingerprint density at radius 1 is 1.15 bits per heavy atom. The van der Waals surface area contributed by atoms with Crippen LogP contribution in [0.15, 0.2) is 36.5 Å². The zero-order valence-electron chi connectivity index (χ0n) is 11.4. The van der Waals surface area contributed by atoms with Crippen LogP contribution in [0.5, 0.6) is 0 Å². The quantitative estimate of drug-likeness (QED) is 0.881. The summed E-state index contributed by atoms with van der Waals surface area (Å²) in [6.07, 6.45) is 6.51. The Kier molecular flexibility index (Phi) is 3.40. The maximum Gasteiger partial charge on any atom is 0.244 e. The minimum Gasteiger partial charge on any atom is -0.324 e. The molecule has 1 aliphatic carbocycles. The third kappa shape index (κ3) is 2.39. The second kappa shape index (κ2) is 5.21. The highest BCUT2D eigenvalue weighted by Gasteiger charge is 2.35. The van der Waals surface area contributed by atoms with E-state index in [1.165, 1.54) is 6.42 Å². The van der Waals surface area contributed by atoms with Gasteiger partial charge in [0.15, 0.2) is 0 Å². The van der Waals surface area contributed by atoms with Crippen molar-refractivity contribution < 1.29 is 4.79 Å². The third-order valence-corrected chi connectivity index (χ3v) is 4.09. The highest BCUT2D eigenvalue weighted by atomic mass is 16.2. The van der Waals surface area contributed by atoms with E-state index in [2.05, 4.69) is 10.3 Å². The first-order valence-electron chi connectivity index (χ1n) is 7.13. The van der Waals surface area contributed by atoms with E-state index < -0.39 is 5.54 Å². The number of hydrogen-bond acceptors (Lipinski definition) is 3. The maximum atomic E-state index is 12.5. The highest BCUT2D eigenvalue weighted by molar-refractivity contribution is 6.04. The van der Waals surface area contributed by atoms with Crippen LogP contribution in [0, 0.1) is 0 Å². The Hall–Kier alpha value is -1.94. The second-order valence-electron chi connectivity index (χ2n) is 5.55. The normalized spacial score (nSPS) is 17.9. The minimum absolute atomic E-state index is 0.0754. The molecule has 1 heterocycles. The number of rotatable bonds is 2. The van der Waals surface area contributed by atoms with Crippen molar-refractivity contribution in [3.8, 4) is 0 Å². The number of benzene rings is 1. The summed E-state index contributed by atoms with van der Waals surface area (Å²) in [5.74, 6) is -0.0754. The molecule has 1 aromatic heterocycles. The molecule has 0 atom stereocenters. The van der Waals surface area contributed by atoms with E-state index in [1.54, 1.807) is 6.20 Å². The lowest BCUT2D eigenvalue weighted by Crippen LogP contribution is -2.52. The van der Waals surface area contributed by atoms with Gasteiger partial charge >= 0.3 is 0 Å². The zero-order valence-corrected chi connectivity index (χ0v) is 11.4. The molecule has 0 unspecified atom stereocenters. The summed E-state index contributed by atoms with van der Waals surface area (Å²) in [5.41, 5.74) is 7.21. The monoisotopic (exact) mass is 269 g/mol. The molecule has 0 bridgehead atoms. The summed E-state index contributed by atoms with van der Waals surface area (Å²) in [5, 5.41) is 3.94. The SMILES string of the molecule is NC1(C(=O)Nc2cccc3ncccc23)CCCCC1. The molecule has 1 aliphatic rings. The van der Waals surface area contributed by atoms with Gasteiger partial charge in [-0.05, 0) is 37.1 Å². The lowest BCUT2D eigenvalue weighted by atomic mass is 9.82. The smallest absolute Gasteiger partial charge is 0.244 e. The summed E-state index contributed by atoms with van der Waals surface area (Å²) >= 11 is 0. The van der Waals surface area contributed by atoms with Crippen LogP contribution in [-0.4, -0.2) is 16.4 Å². The molecule has 1 aromatic carbocycles. The fraction of sp³-hybridized carbons (Fsp3) is 0.375. The molecule has 0 radical (unpaired) electrons. The number of anilines is 1. The van der Waals surface area contributed by atoms with Crippen molar-refractivity contribution in [1.82, 2.24) is 4.98 Å². The fourth-order valence-electron chi connectivity index (χ4n) is 2.87. The van der Waals surface area contributed by atoms with Crippen LogP contribution >= 0.6 is 0 Å². The standard InChI is InChI=1S/C16H19N3O/c17-16(9-2-1-3-10-16)15(20)19-14-8-4-7-13-12(14)6-5-11-18-13/h4-8,11H,1-3,9-10,17H2,(H,19,20). The van der Waals surface area contributed by atoms with E-state index in [1.807, 2.05) is 30.3 Å². The van der Waals surface area contributed by atoms with E-state index >= 15 is 0 Å². The van der Waals surface area contributed by atoms with Gasteiger partial charge in [-0.1, -0.05) is 25.3 Å². The third-order valence-electron chi connectivity index (χ3n) is 4.09. The lowest BCUT2D eigenvalue weighted by Gasteiger charge is -2.31. The molecule has 2 aromatic rings. The summed E-state index contributed by atoms with van der Waals surface area (Å²) in [6, 6.07) is 9.56. The van der Waals surface area contributed by atoms with Crippen LogP contribution < -0.4 is 11.1 Å². The molecule has 0 aliphatic heterocycles. The van der Waals surface area contributed by atoms with Crippen molar-refractivity contribution >= 4 is 22.5 Å². The maximum absolute atomic E-state index is 12.5. The number of aromatic nitrogens is 1. The molecule has 0 saturated heterocycles. The van der Waals surface area contributed by atoms with Crippen molar-refractivity contribution in [2.75, 3.05) is 5.32 Å². The topological polar surface area (TPSA) is 68.0 Å². The van der Waals surface area contributed by atoms with Gasteiger partial charge in [-0.25, -0.2) is 0 Å². The van der Waals surface area contributed by atoms with Crippen LogP contribution in [0.2, 0.25) is 0 Å². The van der Waals surface area contributed by atoms with Crippen molar-refractivity contribution in [1.29, 1.82) is 0 Å². The number of fused-ring (bicyclic) bond motifs is 1. The van der Waals surface area contributed by atoms with Gasteiger partial charge in [0.05, 0.1) is 16.7 Å². The van der Waals surface area contributed by atoms with E-state index in [0.29, 0.717) is 0 Å². The van der Waals surface area contributed by atoms with Gasteiger partial charge < -0.3 is 11.1 Å². The number of nitrogens with two attached hydrogens (primary N) is 1. The first-order chi connectivity index (χ1) is 9.69. The van der Waals surface area contributed by atoms with Crippen LogP contribution in [0.4, 0.5) is 5.69 Å². The van der Waals surface area contributed by atoms with E-state index in [4.69, 9.17) is 5.73 Å². The zero-order chi connectivity index (χ0) is 14.0. The molecule has 0 spiro atoms. The predicted octanol–water partition coefficient (Wildman–Crippen LogP) is 2.83. The first kappa shape index (κ1) is 13.1. The molecule has 3 N–H and O–H groups in total. The Morgan fingerprint density at radius 2 is 1.95 bits per heavy atom.